The van der Waals surface area contributed by atoms with E-state index < -0.39 is 0 Å². The van der Waals surface area contributed by atoms with Crippen LogP contribution < -0.4 is 10.6 Å². The van der Waals surface area contributed by atoms with Crippen molar-refractivity contribution in [2.75, 3.05) is 17.2 Å². The number of carbonyl (C=O) groups is 1. The highest BCUT2D eigenvalue weighted by atomic mass is 16.1. The van der Waals surface area contributed by atoms with Gasteiger partial charge in [-0.3, -0.25) is 4.79 Å². The average Bonchev–Trinajstić information content (AvgIpc) is 3.03. The number of Topliss-reactive ketones (excluding diaryl/α,β-unsaturated/α-hetero) is 1. The number of hydrogen-bond acceptors (Lipinski definition) is 3. The molecule has 0 saturated heterocycles. The molecule has 23 heavy (non-hydrogen) atoms. The number of hydrogen-bond donors (Lipinski definition) is 2. The lowest BCUT2D eigenvalue weighted by atomic mass is 9.84. The molecule has 0 heterocycles. The summed E-state index contributed by atoms with van der Waals surface area (Å²) in [6, 6.07) is 8.88. The quantitative estimate of drug-likeness (QED) is 0.777. The Labute approximate surface area is 140 Å². The van der Waals surface area contributed by atoms with Gasteiger partial charge in [-0.1, -0.05) is 51.2 Å². The lowest BCUT2D eigenvalue weighted by molar-refractivity contribution is -0.125. The van der Waals surface area contributed by atoms with Crippen molar-refractivity contribution in [3.63, 3.8) is 0 Å². The van der Waals surface area contributed by atoms with Gasteiger partial charge in [0.2, 0.25) is 0 Å². The minimum atomic E-state index is -0.0985. The maximum atomic E-state index is 12.6. The summed E-state index contributed by atoms with van der Waals surface area (Å²) >= 11 is 0. The Morgan fingerprint density at radius 2 is 1.70 bits per heavy atom. The van der Waals surface area contributed by atoms with Crippen molar-refractivity contribution in [1.82, 2.24) is 0 Å². The Hall–Kier alpha value is -1.51. The maximum Gasteiger partial charge on any atom is 0.157 e. The molecule has 0 aliphatic heterocycles. The molecule has 126 valence electrons. The summed E-state index contributed by atoms with van der Waals surface area (Å²) in [4.78, 5) is 12.6. The van der Waals surface area contributed by atoms with Crippen LogP contribution >= 0.6 is 0 Å². The summed E-state index contributed by atoms with van der Waals surface area (Å²) < 4.78 is 0. The van der Waals surface area contributed by atoms with E-state index in [1.54, 1.807) is 0 Å². The third-order valence-electron chi connectivity index (χ3n) is 5.71. The van der Waals surface area contributed by atoms with Crippen LogP contribution in [0.3, 0.4) is 0 Å². The monoisotopic (exact) mass is 314 g/mol. The topological polar surface area (TPSA) is 41.1 Å². The predicted molar refractivity (Wildman–Crippen MR) is 97.0 cm³/mol. The van der Waals surface area contributed by atoms with Crippen molar-refractivity contribution in [2.45, 2.75) is 70.8 Å². The van der Waals surface area contributed by atoms with Crippen LogP contribution in [0, 0.1) is 5.41 Å². The van der Waals surface area contributed by atoms with Crippen LogP contribution in [0.5, 0.6) is 0 Å². The molecular formula is C20H30N2O. The second-order valence-corrected chi connectivity index (χ2v) is 7.57. The molecule has 2 aliphatic carbocycles. The van der Waals surface area contributed by atoms with Gasteiger partial charge in [-0.25, -0.2) is 0 Å². The first-order chi connectivity index (χ1) is 11.2. The molecule has 3 rings (SSSR count). The second-order valence-electron chi connectivity index (χ2n) is 7.57. The van der Waals surface area contributed by atoms with Crippen molar-refractivity contribution >= 4 is 17.2 Å². The van der Waals surface area contributed by atoms with Crippen LogP contribution in [0.15, 0.2) is 24.3 Å². The van der Waals surface area contributed by atoms with Gasteiger partial charge in [-0.2, -0.15) is 0 Å². The van der Waals surface area contributed by atoms with E-state index in [1.807, 2.05) is 6.07 Å². The molecule has 3 nitrogen and oxygen atoms in total. The van der Waals surface area contributed by atoms with Crippen LogP contribution in [0.25, 0.3) is 0 Å². The first kappa shape index (κ1) is 16.4. The molecular weight excluding hydrogens is 284 g/mol. The molecule has 0 unspecified atom stereocenters. The fourth-order valence-corrected chi connectivity index (χ4v) is 4.05. The van der Waals surface area contributed by atoms with Crippen LogP contribution in [-0.2, 0) is 4.79 Å². The highest BCUT2D eigenvalue weighted by Crippen LogP contribution is 2.38. The Bertz CT molecular complexity index is 528. The summed E-state index contributed by atoms with van der Waals surface area (Å²) in [6.45, 7) is 2.58. The molecule has 0 atom stereocenters. The molecule has 0 amide bonds. The van der Waals surface area contributed by atoms with Gasteiger partial charge >= 0.3 is 0 Å². The third kappa shape index (κ3) is 4.07. The van der Waals surface area contributed by atoms with Crippen molar-refractivity contribution in [3.05, 3.63) is 24.3 Å². The molecule has 2 saturated carbocycles. The smallest absolute Gasteiger partial charge is 0.157 e. The number of anilines is 2. The van der Waals surface area contributed by atoms with Gasteiger partial charge < -0.3 is 10.6 Å². The van der Waals surface area contributed by atoms with E-state index in [9.17, 15) is 4.79 Å². The third-order valence-corrected chi connectivity index (χ3v) is 5.71. The zero-order chi connectivity index (χ0) is 16.1. The highest BCUT2D eigenvalue weighted by Gasteiger charge is 2.35. The fourth-order valence-electron chi connectivity index (χ4n) is 4.05. The van der Waals surface area contributed by atoms with Crippen molar-refractivity contribution in [3.8, 4) is 0 Å². The summed E-state index contributed by atoms with van der Waals surface area (Å²) in [5.74, 6) is 0.363. The Balaban J connectivity index is 1.60. The standard InChI is InChI=1S/C20H30N2O/c1-20(13-7-8-14-20)19(23)15-21-17-11-5-6-12-18(17)22-16-9-3-2-4-10-16/h5-6,11-12,16,21-22H,2-4,7-10,13-15H2,1H3. The molecule has 1 aromatic rings. The molecule has 2 aliphatic rings. The van der Waals surface area contributed by atoms with Gasteiger partial charge in [0.15, 0.2) is 5.78 Å². The molecule has 0 bridgehead atoms. The van der Waals surface area contributed by atoms with E-state index in [1.165, 1.54) is 44.9 Å². The van der Waals surface area contributed by atoms with Gasteiger partial charge in [0.1, 0.15) is 0 Å². The number of benzene rings is 1. The van der Waals surface area contributed by atoms with Gasteiger partial charge in [0.05, 0.1) is 17.9 Å². The van der Waals surface area contributed by atoms with Crippen molar-refractivity contribution < 1.29 is 4.79 Å². The van der Waals surface area contributed by atoms with E-state index in [-0.39, 0.29) is 5.41 Å². The van der Waals surface area contributed by atoms with Gasteiger partial charge in [0, 0.05) is 11.5 Å². The van der Waals surface area contributed by atoms with E-state index >= 15 is 0 Å². The fraction of sp³-hybridized carbons (Fsp3) is 0.650. The Morgan fingerprint density at radius 3 is 2.39 bits per heavy atom. The van der Waals surface area contributed by atoms with Crippen LogP contribution in [-0.4, -0.2) is 18.4 Å². The minimum absolute atomic E-state index is 0.0985. The minimum Gasteiger partial charge on any atom is -0.381 e. The number of ketones is 1. The Kier molecular flexibility index (Phi) is 5.24. The van der Waals surface area contributed by atoms with Crippen LogP contribution in [0.1, 0.15) is 64.7 Å². The predicted octanol–water partition coefficient (Wildman–Crippen LogP) is 4.99. The van der Waals surface area contributed by atoms with Crippen LogP contribution in [0.2, 0.25) is 0 Å². The number of nitrogens with one attached hydrogen (secondary N) is 2. The van der Waals surface area contributed by atoms with Crippen LogP contribution in [0.4, 0.5) is 11.4 Å². The number of para-hydroxylation sites is 2. The van der Waals surface area contributed by atoms with Crippen molar-refractivity contribution in [1.29, 1.82) is 0 Å². The largest absolute Gasteiger partial charge is 0.381 e. The van der Waals surface area contributed by atoms with Crippen molar-refractivity contribution in [2.24, 2.45) is 5.41 Å². The SMILES string of the molecule is CC1(C(=O)CNc2ccccc2NC2CCCCC2)CCCC1. The first-order valence-electron chi connectivity index (χ1n) is 9.30. The zero-order valence-electron chi connectivity index (χ0n) is 14.4. The molecule has 0 aromatic heterocycles. The first-order valence-corrected chi connectivity index (χ1v) is 9.30. The Morgan fingerprint density at radius 1 is 1.04 bits per heavy atom. The summed E-state index contributed by atoms with van der Waals surface area (Å²) in [5, 5.41) is 7.07. The molecule has 3 heteroatoms. The van der Waals surface area contributed by atoms with E-state index in [4.69, 9.17) is 0 Å². The average molecular weight is 314 g/mol. The lowest BCUT2D eigenvalue weighted by Crippen LogP contribution is -2.30. The zero-order valence-corrected chi connectivity index (χ0v) is 14.4. The number of rotatable bonds is 6. The molecule has 0 spiro atoms. The molecule has 0 radical (unpaired) electrons. The van der Waals surface area contributed by atoms with E-state index in [0.29, 0.717) is 18.4 Å². The summed E-state index contributed by atoms with van der Waals surface area (Å²) in [7, 11) is 0. The van der Waals surface area contributed by atoms with Gasteiger partial charge in [-0.05, 0) is 37.8 Å². The summed E-state index contributed by atoms with van der Waals surface area (Å²) in [5.41, 5.74) is 2.11. The van der Waals surface area contributed by atoms with Gasteiger partial charge in [0.25, 0.3) is 0 Å². The van der Waals surface area contributed by atoms with E-state index in [0.717, 1.165) is 24.2 Å². The molecule has 2 fully saturated rings. The summed E-state index contributed by atoms with van der Waals surface area (Å²) in [6.07, 6.45) is 11.0. The van der Waals surface area contributed by atoms with E-state index in [2.05, 4.69) is 35.8 Å². The molecule has 2 N–H and O–H groups in total. The highest BCUT2D eigenvalue weighted by molar-refractivity contribution is 5.89. The van der Waals surface area contributed by atoms with Gasteiger partial charge in [-0.15, -0.1) is 0 Å². The molecule has 1 aromatic carbocycles. The maximum absolute atomic E-state index is 12.6. The number of carbonyl (C=O) groups excluding carboxylic acids is 1. The normalized spacial score (nSPS) is 21.1. The lowest BCUT2D eigenvalue weighted by Gasteiger charge is -2.26. The second kappa shape index (κ2) is 7.37.